The minimum Gasteiger partial charge on any atom is -0.379 e. The molecule has 20 heavy (non-hydrogen) atoms. The molecule has 1 unspecified atom stereocenters. The number of nitrogens with one attached hydrogen (secondary N) is 2. The van der Waals surface area contributed by atoms with Gasteiger partial charge in [0.2, 0.25) is 0 Å². The Morgan fingerprint density at radius 3 is 2.90 bits per heavy atom. The van der Waals surface area contributed by atoms with Crippen molar-refractivity contribution in [3.05, 3.63) is 11.9 Å². The van der Waals surface area contributed by atoms with Crippen molar-refractivity contribution in [1.82, 2.24) is 9.97 Å². The van der Waals surface area contributed by atoms with Crippen molar-refractivity contribution in [2.24, 2.45) is 5.84 Å². The van der Waals surface area contributed by atoms with Crippen LogP contribution in [0.5, 0.6) is 0 Å². The highest BCUT2D eigenvalue weighted by molar-refractivity contribution is 5.48. The molecule has 2 heterocycles. The van der Waals surface area contributed by atoms with Crippen molar-refractivity contribution in [2.45, 2.75) is 38.8 Å². The van der Waals surface area contributed by atoms with Gasteiger partial charge in [-0.25, -0.2) is 15.8 Å². The zero-order valence-electron chi connectivity index (χ0n) is 12.1. The average Bonchev–Trinajstić information content (AvgIpc) is 2.45. The van der Waals surface area contributed by atoms with Crippen molar-refractivity contribution in [3.63, 3.8) is 0 Å². The highest BCUT2D eigenvalue weighted by atomic mass is 16.5. The van der Waals surface area contributed by atoms with Crippen molar-refractivity contribution in [2.75, 3.05) is 30.6 Å². The third-order valence-electron chi connectivity index (χ3n) is 3.22. The molecule has 4 N–H and O–H groups in total. The van der Waals surface area contributed by atoms with Crippen LogP contribution in [0.15, 0.2) is 6.07 Å². The molecule has 0 bridgehead atoms. The summed E-state index contributed by atoms with van der Waals surface area (Å²) in [5.74, 6) is 7.35. The molecule has 1 saturated heterocycles. The largest absolute Gasteiger partial charge is 0.379 e. The minimum atomic E-state index is -0.110. The van der Waals surface area contributed by atoms with Crippen LogP contribution in [0.1, 0.15) is 32.5 Å². The van der Waals surface area contributed by atoms with Gasteiger partial charge in [-0.1, -0.05) is 0 Å². The lowest BCUT2D eigenvalue weighted by atomic mass is 9.95. The number of hydrazine groups is 1. The van der Waals surface area contributed by atoms with Crippen LogP contribution in [-0.2, 0) is 16.1 Å². The Kier molecular flexibility index (Phi) is 5.11. The number of anilines is 2. The van der Waals surface area contributed by atoms with Crippen LogP contribution < -0.4 is 16.6 Å². The zero-order valence-corrected chi connectivity index (χ0v) is 12.1. The second-order valence-electron chi connectivity index (χ2n) is 5.18. The van der Waals surface area contributed by atoms with E-state index < -0.39 is 0 Å². The molecule has 1 fully saturated rings. The lowest BCUT2D eigenvalue weighted by Crippen LogP contribution is -2.43. The molecule has 1 aliphatic rings. The van der Waals surface area contributed by atoms with Gasteiger partial charge in [-0.3, -0.25) is 0 Å². The lowest BCUT2D eigenvalue weighted by Gasteiger charge is -2.34. The summed E-state index contributed by atoms with van der Waals surface area (Å²) in [7, 11) is 0. The fraction of sp³-hybridized carbons (Fsp3) is 0.692. The first kappa shape index (κ1) is 15.0. The average molecular weight is 281 g/mol. The minimum absolute atomic E-state index is 0.110. The van der Waals surface area contributed by atoms with E-state index in [2.05, 4.69) is 27.6 Å². The Morgan fingerprint density at radius 1 is 1.45 bits per heavy atom. The first-order valence-corrected chi connectivity index (χ1v) is 6.93. The molecule has 0 saturated carbocycles. The van der Waals surface area contributed by atoms with E-state index in [1.165, 1.54) is 0 Å². The quantitative estimate of drug-likeness (QED) is 0.534. The third-order valence-corrected chi connectivity index (χ3v) is 3.22. The van der Waals surface area contributed by atoms with Gasteiger partial charge in [0.25, 0.3) is 0 Å². The standard InChI is InChI=1S/C13H23N5O2/c1-3-19-8-12-15-10(7-11(16-12)18-14)17-13(2)5-4-6-20-9-13/h7H,3-6,8-9,14H2,1-2H3,(H2,15,16,17,18). The van der Waals surface area contributed by atoms with E-state index in [0.29, 0.717) is 31.5 Å². The predicted molar refractivity (Wildman–Crippen MR) is 77.3 cm³/mol. The molecule has 0 amide bonds. The smallest absolute Gasteiger partial charge is 0.158 e. The predicted octanol–water partition coefficient (Wildman–Crippen LogP) is 1.28. The second-order valence-corrected chi connectivity index (χ2v) is 5.18. The topological polar surface area (TPSA) is 94.3 Å². The monoisotopic (exact) mass is 281 g/mol. The summed E-state index contributed by atoms with van der Waals surface area (Å²) in [5, 5.41) is 3.42. The molecule has 0 radical (unpaired) electrons. The van der Waals surface area contributed by atoms with Crippen LogP contribution >= 0.6 is 0 Å². The molecule has 112 valence electrons. The van der Waals surface area contributed by atoms with E-state index in [1.54, 1.807) is 6.07 Å². The summed E-state index contributed by atoms with van der Waals surface area (Å²) < 4.78 is 10.9. The number of hydrogen-bond donors (Lipinski definition) is 3. The molecule has 1 aromatic heterocycles. The highest BCUT2D eigenvalue weighted by Crippen LogP contribution is 2.24. The molecule has 1 aliphatic heterocycles. The van der Waals surface area contributed by atoms with Crippen molar-refractivity contribution in [3.8, 4) is 0 Å². The fourth-order valence-electron chi connectivity index (χ4n) is 2.23. The second kappa shape index (κ2) is 6.83. The number of nitrogens with zero attached hydrogens (tertiary/aromatic N) is 2. The molecule has 1 atom stereocenters. The maximum Gasteiger partial charge on any atom is 0.158 e. The summed E-state index contributed by atoms with van der Waals surface area (Å²) in [5.41, 5.74) is 2.45. The van der Waals surface area contributed by atoms with Gasteiger partial charge in [0.15, 0.2) is 5.82 Å². The molecule has 1 aromatic rings. The Hall–Kier alpha value is -1.44. The maximum atomic E-state index is 5.54. The van der Waals surface area contributed by atoms with Crippen molar-refractivity contribution in [1.29, 1.82) is 0 Å². The normalized spacial score (nSPS) is 22.6. The van der Waals surface area contributed by atoms with Gasteiger partial charge < -0.3 is 20.2 Å². The van der Waals surface area contributed by atoms with Crippen LogP contribution in [0.25, 0.3) is 0 Å². The van der Waals surface area contributed by atoms with Gasteiger partial charge in [0.05, 0.1) is 12.1 Å². The summed E-state index contributed by atoms with van der Waals surface area (Å²) in [6.45, 7) is 6.55. The fourth-order valence-corrected chi connectivity index (χ4v) is 2.23. The third kappa shape index (κ3) is 4.03. The molecular formula is C13H23N5O2. The number of aromatic nitrogens is 2. The Morgan fingerprint density at radius 2 is 2.25 bits per heavy atom. The number of rotatable bonds is 6. The van der Waals surface area contributed by atoms with Gasteiger partial charge in [0, 0.05) is 19.3 Å². The molecule has 7 nitrogen and oxygen atoms in total. The number of nitrogen functional groups attached to an aromatic ring is 1. The van der Waals surface area contributed by atoms with E-state index in [0.717, 1.165) is 25.3 Å². The van der Waals surface area contributed by atoms with Gasteiger partial charge in [-0.2, -0.15) is 0 Å². The van der Waals surface area contributed by atoms with Crippen LogP contribution in [-0.4, -0.2) is 35.3 Å². The molecule has 7 heteroatoms. The summed E-state index contributed by atoms with van der Waals surface area (Å²) >= 11 is 0. The van der Waals surface area contributed by atoms with E-state index in [-0.39, 0.29) is 5.54 Å². The zero-order chi connectivity index (χ0) is 14.4. The van der Waals surface area contributed by atoms with E-state index >= 15 is 0 Å². The van der Waals surface area contributed by atoms with Gasteiger partial charge in [0.1, 0.15) is 18.2 Å². The lowest BCUT2D eigenvalue weighted by molar-refractivity contribution is 0.0538. The van der Waals surface area contributed by atoms with E-state index in [9.17, 15) is 0 Å². The van der Waals surface area contributed by atoms with Crippen LogP contribution in [0.4, 0.5) is 11.6 Å². The molecule has 2 rings (SSSR count). The van der Waals surface area contributed by atoms with E-state index in [4.69, 9.17) is 15.3 Å². The summed E-state index contributed by atoms with van der Waals surface area (Å²) in [4.78, 5) is 8.72. The van der Waals surface area contributed by atoms with Crippen LogP contribution in [0.3, 0.4) is 0 Å². The Labute approximate surface area is 119 Å². The first-order chi connectivity index (χ1) is 9.65. The maximum absolute atomic E-state index is 5.54. The first-order valence-electron chi connectivity index (χ1n) is 6.93. The summed E-state index contributed by atoms with van der Waals surface area (Å²) in [6, 6.07) is 1.79. The van der Waals surface area contributed by atoms with Gasteiger partial charge in [-0.05, 0) is 26.7 Å². The molecular weight excluding hydrogens is 258 g/mol. The van der Waals surface area contributed by atoms with Crippen molar-refractivity contribution >= 4 is 11.6 Å². The molecule has 0 spiro atoms. The highest BCUT2D eigenvalue weighted by Gasteiger charge is 2.28. The van der Waals surface area contributed by atoms with Crippen LogP contribution in [0.2, 0.25) is 0 Å². The van der Waals surface area contributed by atoms with Crippen LogP contribution in [0, 0.1) is 0 Å². The molecule has 0 aliphatic carbocycles. The number of nitrogens with two attached hydrogens (primary N) is 1. The number of ether oxygens (including phenoxy) is 2. The summed E-state index contributed by atoms with van der Waals surface area (Å²) in [6.07, 6.45) is 2.09. The molecule has 0 aromatic carbocycles. The Bertz CT molecular complexity index is 435. The number of hydrogen-bond acceptors (Lipinski definition) is 7. The Balaban J connectivity index is 2.12. The van der Waals surface area contributed by atoms with E-state index in [1.807, 2.05) is 6.92 Å². The van der Waals surface area contributed by atoms with Gasteiger partial charge in [-0.15, -0.1) is 0 Å². The van der Waals surface area contributed by atoms with Crippen molar-refractivity contribution < 1.29 is 9.47 Å². The SMILES string of the molecule is CCOCc1nc(NN)cc(NC2(C)CCCOC2)n1. The van der Waals surface area contributed by atoms with Gasteiger partial charge >= 0.3 is 0 Å².